The smallest absolute Gasteiger partial charge is 0.230 e. The van der Waals surface area contributed by atoms with Crippen molar-refractivity contribution in [3.05, 3.63) is 172 Å². The second kappa shape index (κ2) is 20.2. The van der Waals surface area contributed by atoms with Gasteiger partial charge in [-0.3, -0.25) is 4.79 Å². The Kier molecular flexibility index (Phi) is 17.9. The van der Waals surface area contributed by atoms with Crippen molar-refractivity contribution >= 4 is 5.91 Å². The standard InChI is InChI=1S/C28H28NO.C5H5.2CO.Mo/c1-23(27(30)29-20-12-5-13-21-29)22-28(24-14-6-2-7-15-24,25-16-8-3-9-17-25)26-18-10-4-11-19-26;1-2-4-5-3-1;2*1-2;/h2-4,6-11,14-19,22H,1,5,12-13,20-21H2;1-5H;;;. The van der Waals surface area contributed by atoms with E-state index in [1.165, 1.54) is 6.42 Å². The molecule has 0 atom stereocenters. The first-order valence-electron chi connectivity index (χ1n) is 12.8. The van der Waals surface area contributed by atoms with E-state index in [1.54, 1.807) is 0 Å². The van der Waals surface area contributed by atoms with Crippen LogP contribution in [0.25, 0.3) is 0 Å². The van der Waals surface area contributed by atoms with E-state index in [4.69, 9.17) is 9.30 Å². The van der Waals surface area contributed by atoms with Crippen molar-refractivity contribution in [1.82, 2.24) is 4.90 Å². The predicted octanol–water partition coefficient (Wildman–Crippen LogP) is 6.59. The number of likely N-dealkylation sites (tertiary alicyclic amines) is 1. The van der Waals surface area contributed by atoms with Crippen molar-refractivity contribution in [2.24, 2.45) is 0 Å². The van der Waals surface area contributed by atoms with Crippen LogP contribution in [0.15, 0.2) is 91.0 Å². The topological polar surface area (TPSA) is 60.1 Å². The minimum atomic E-state index is -0.591. The number of hydrogen-bond donors (Lipinski definition) is 0. The van der Waals surface area contributed by atoms with E-state index < -0.39 is 5.41 Å². The molecule has 8 radical (unpaired) electrons. The van der Waals surface area contributed by atoms with Gasteiger partial charge in [-0.15, -0.1) is 0 Å². The Morgan fingerprint density at radius 2 is 0.975 bits per heavy atom. The van der Waals surface area contributed by atoms with Crippen LogP contribution in [0.2, 0.25) is 0 Å². The summed E-state index contributed by atoms with van der Waals surface area (Å²) in [5, 5.41) is 0. The number of amides is 1. The molecular formula is C35H33MoNO3. The average molecular weight is 612 g/mol. The van der Waals surface area contributed by atoms with Gasteiger partial charge < -0.3 is 4.90 Å². The first kappa shape index (κ1) is 35.3. The molecule has 1 saturated heterocycles. The summed E-state index contributed by atoms with van der Waals surface area (Å²) in [5.41, 5.74) is 2.77. The molecule has 1 aliphatic heterocycles. The summed E-state index contributed by atoms with van der Waals surface area (Å²) in [5.74, 6) is 0.593. The molecule has 4 nitrogen and oxygen atoms in total. The molecule has 0 bridgehead atoms. The zero-order valence-corrected chi connectivity index (χ0v) is 24.5. The second-order valence-corrected chi connectivity index (χ2v) is 8.89. The molecule has 3 aromatic rings. The van der Waals surface area contributed by atoms with Crippen LogP contribution in [0.3, 0.4) is 0 Å². The molecule has 1 amide bonds. The Morgan fingerprint density at radius 1 is 0.650 bits per heavy atom. The largest absolute Gasteiger partial charge is 0.342 e. The molecule has 1 saturated carbocycles. The van der Waals surface area contributed by atoms with Gasteiger partial charge in [-0.05, 0) is 81.4 Å². The van der Waals surface area contributed by atoms with Crippen LogP contribution in [0.4, 0.5) is 0 Å². The van der Waals surface area contributed by atoms with E-state index >= 15 is 0 Å². The first-order chi connectivity index (χ1) is 19.2. The van der Waals surface area contributed by atoms with Crippen molar-refractivity contribution < 1.29 is 35.2 Å². The van der Waals surface area contributed by atoms with Crippen molar-refractivity contribution in [2.75, 3.05) is 13.1 Å². The summed E-state index contributed by atoms with van der Waals surface area (Å²) in [7, 11) is 0. The molecule has 0 N–H and O–H groups in total. The van der Waals surface area contributed by atoms with Crippen LogP contribution < -0.4 is 0 Å². The minimum absolute atomic E-state index is 0. The van der Waals surface area contributed by atoms with Crippen molar-refractivity contribution in [3.63, 3.8) is 0 Å². The Labute approximate surface area is 255 Å². The van der Waals surface area contributed by atoms with Gasteiger partial charge in [0.05, 0.1) is 5.92 Å². The molecule has 40 heavy (non-hydrogen) atoms. The minimum Gasteiger partial charge on any atom is -0.342 e. The van der Waals surface area contributed by atoms with E-state index in [9.17, 15) is 4.79 Å². The normalized spacial score (nSPS) is 14.1. The van der Waals surface area contributed by atoms with E-state index in [0.29, 0.717) is 5.92 Å². The van der Waals surface area contributed by atoms with Crippen LogP contribution in [0.5, 0.6) is 0 Å². The summed E-state index contributed by atoms with van der Waals surface area (Å²) in [6, 6.07) is 31.2. The van der Waals surface area contributed by atoms with E-state index in [2.05, 4.69) is 99.4 Å². The van der Waals surface area contributed by atoms with Crippen LogP contribution in [-0.4, -0.2) is 23.9 Å². The molecule has 5 heteroatoms. The van der Waals surface area contributed by atoms with Crippen LogP contribution >= 0.6 is 0 Å². The van der Waals surface area contributed by atoms with Gasteiger partial charge in [0.1, 0.15) is 0 Å². The fraction of sp³-hybridized carbons (Fsp3) is 0.171. The first-order valence-corrected chi connectivity index (χ1v) is 12.8. The number of rotatable bonds is 6. The molecule has 3 aromatic carbocycles. The quantitative estimate of drug-likeness (QED) is 0.134. The Hall–Kier alpha value is -2.70. The van der Waals surface area contributed by atoms with Gasteiger partial charge in [0.15, 0.2) is 0 Å². The van der Waals surface area contributed by atoms with Crippen molar-refractivity contribution in [1.29, 1.82) is 0 Å². The van der Waals surface area contributed by atoms with Gasteiger partial charge in [0.2, 0.25) is 5.91 Å². The molecule has 0 aromatic heterocycles. The third-order valence-corrected chi connectivity index (χ3v) is 6.55. The van der Waals surface area contributed by atoms with Gasteiger partial charge in [-0.2, -0.15) is 0 Å². The SMILES string of the molecule is [C-]#[O+].[C-]#[O+].[CH2][C]([CH]C(c1ccccc1)(c1ccccc1)c1ccccc1)C(=O)N1CCCCC1.[CH]1[CH][CH][CH][CH]1.[Mo]. The van der Waals surface area contributed by atoms with Gasteiger partial charge in [-0.25, -0.2) is 0 Å². The van der Waals surface area contributed by atoms with Crippen molar-refractivity contribution in [3.8, 4) is 0 Å². The summed E-state index contributed by atoms with van der Waals surface area (Å²) >= 11 is 0. The van der Waals surface area contributed by atoms with Gasteiger partial charge in [-0.1, -0.05) is 91.0 Å². The number of nitrogens with zero attached hydrogens (tertiary/aromatic N) is 1. The van der Waals surface area contributed by atoms with E-state index in [0.717, 1.165) is 42.6 Å². The Balaban J connectivity index is 0.000000699. The summed E-state index contributed by atoms with van der Waals surface area (Å²) < 4.78 is 15.0. The zero-order chi connectivity index (χ0) is 28.3. The zero-order valence-electron chi connectivity index (χ0n) is 22.4. The summed E-state index contributed by atoms with van der Waals surface area (Å²) in [6.45, 7) is 14.9. The molecular weight excluding hydrogens is 578 g/mol. The number of piperidine rings is 1. The number of carbonyl (C=O) groups excluding carboxylic acids is 1. The van der Waals surface area contributed by atoms with E-state index in [1.807, 2.05) is 55.2 Å². The maximum Gasteiger partial charge on any atom is 0.230 e. The molecule has 2 aliphatic rings. The molecule has 0 unspecified atom stereocenters. The summed E-state index contributed by atoms with van der Waals surface area (Å²) in [4.78, 5) is 15.2. The molecule has 5 rings (SSSR count). The molecule has 1 heterocycles. The van der Waals surface area contributed by atoms with E-state index in [-0.39, 0.29) is 27.0 Å². The van der Waals surface area contributed by atoms with Crippen molar-refractivity contribution in [2.45, 2.75) is 24.7 Å². The maximum absolute atomic E-state index is 13.3. The second-order valence-electron chi connectivity index (χ2n) is 8.89. The molecule has 2 fully saturated rings. The van der Waals surface area contributed by atoms with Gasteiger partial charge >= 0.3 is 22.6 Å². The Morgan fingerprint density at radius 3 is 1.30 bits per heavy atom. The summed E-state index contributed by atoms with van der Waals surface area (Å²) in [6.07, 6.45) is 15.4. The third-order valence-electron chi connectivity index (χ3n) is 6.55. The number of hydrogen-bond acceptors (Lipinski definition) is 1. The van der Waals surface area contributed by atoms with Crippen LogP contribution in [0.1, 0.15) is 36.0 Å². The van der Waals surface area contributed by atoms with Crippen LogP contribution in [0, 0.1) is 64.7 Å². The number of carbonyl (C=O) groups is 1. The molecule has 1 aliphatic carbocycles. The monoisotopic (exact) mass is 613 g/mol. The fourth-order valence-electron chi connectivity index (χ4n) is 4.80. The average Bonchev–Trinajstić information content (AvgIpc) is 3.64. The van der Waals surface area contributed by atoms with Crippen LogP contribution in [-0.2, 0) is 40.6 Å². The predicted molar refractivity (Wildman–Crippen MR) is 152 cm³/mol. The Bertz CT molecular complexity index is 995. The molecule has 202 valence electrons. The molecule has 0 spiro atoms. The van der Waals surface area contributed by atoms with Gasteiger partial charge in [0.25, 0.3) is 0 Å². The fourth-order valence-corrected chi connectivity index (χ4v) is 4.80. The number of benzene rings is 3. The third kappa shape index (κ3) is 9.74. The maximum atomic E-state index is 13.3. The van der Waals surface area contributed by atoms with Gasteiger partial charge in [0, 0.05) is 39.6 Å².